The van der Waals surface area contributed by atoms with Crippen LogP contribution in [0.15, 0.2) is 249 Å². The molecule has 0 spiro atoms. The molecule has 9 N–H and O–H groups in total. The SMILES string of the molecule is BrCCCSC(c1ccccc1)(c1ccccc1)c1ccccc1.CCCCCN.CCCCN(CCCCO)C(=O)OC(C)(C)C.CCCCN(CCCCOC(=O)OCCON)C(=O)OC(C)(C)C.CCCCN(CCCCOC(=O)n1ccnc1)C(=O)OC(C)(C)C.O=C1c2ccccc2C(=O)N1O.O=C1c2ccccc2C(=O)N1OCCO.OCCCCO.SC(c1ccccc1)(c1ccccc1)c1ccccc1. The number of hydrogen-bond acceptors (Lipinski definition) is 27. The van der Waals surface area contributed by atoms with Crippen LogP contribution in [-0.2, 0) is 47.6 Å². The predicted octanol–water partition coefficient (Wildman–Crippen LogP) is 22.5. The van der Waals surface area contributed by atoms with Gasteiger partial charge in [0.05, 0.1) is 58.2 Å². The Labute approximate surface area is 894 Å². The summed E-state index contributed by atoms with van der Waals surface area (Å²) in [5.74, 6) is 3.63. The molecule has 8 aromatic carbocycles. The van der Waals surface area contributed by atoms with E-state index in [1.165, 1.54) is 88.1 Å². The number of nitrogens with zero attached hydrogens (tertiary/aromatic N) is 7. The third-order valence-electron chi connectivity index (χ3n) is 21.3. The number of alkyl halides is 1. The summed E-state index contributed by atoms with van der Waals surface area (Å²) in [4.78, 5) is 123. The van der Waals surface area contributed by atoms with Gasteiger partial charge in [0.15, 0.2) is 0 Å². The van der Waals surface area contributed by atoms with Crippen molar-refractivity contribution in [3.63, 3.8) is 0 Å². The highest BCUT2D eigenvalue weighted by Gasteiger charge is 2.39. The van der Waals surface area contributed by atoms with Crippen molar-refractivity contribution < 1.29 is 107 Å². The Hall–Kier alpha value is -11.4. The number of imidazole rings is 1. The number of imide groups is 2. The second-order valence-electron chi connectivity index (χ2n) is 36.8. The van der Waals surface area contributed by atoms with Crippen LogP contribution in [0.2, 0.25) is 0 Å². The van der Waals surface area contributed by atoms with E-state index < -0.39 is 57.4 Å². The van der Waals surface area contributed by atoms with Gasteiger partial charge in [0.2, 0.25) is 0 Å². The molecule has 3 heterocycles. The Morgan fingerprint density at radius 2 is 0.709 bits per heavy atom. The molecule has 0 saturated heterocycles. The number of aliphatic hydroxyl groups excluding tert-OH is 4. The molecular weight excluding hydrogens is 1990 g/mol. The minimum atomic E-state index is -0.748. The summed E-state index contributed by atoms with van der Waals surface area (Å²) in [6.45, 7) is 30.9. The van der Waals surface area contributed by atoms with E-state index in [1.54, 1.807) is 51.1 Å². The summed E-state index contributed by atoms with van der Waals surface area (Å²) >= 11 is 10.7. The van der Waals surface area contributed by atoms with Crippen molar-refractivity contribution >= 4 is 94.5 Å². The lowest BCUT2D eigenvalue weighted by atomic mass is 9.84. The zero-order chi connectivity index (χ0) is 109. The zero-order valence-electron chi connectivity index (χ0n) is 88.8. The van der Waals surface area contributed by atoms with Gasteiger partial charge in [-0.3, -0.25) is 29.2 Å². The van der Waals surface area contributed by atoms with Crippen LogP contribution in [0.25, 0.3) is 0 Å². The van der Waals surface area contributed by atoms with Gasteiger partial charge in [0.1, 0.15) is 36.3 Å². The van der Waals surface area contributed by atoms with Gasteiger partial charge in [0, 0.05) is 76.8 Å². The lowest BCUT2D eigenvalue weighted by Crippen LogP contribution is -2.38. The van der Waals surface area contributed by atoms with Crippen molar-refractivity contribution in [2.45, 2.75) is 232 Å². The van der Waals surface area contributed by atoms with Crippen LogP contribution in [0, 0.1) is 0 Å². The van der Waals surface area contributed by atoms with Crippen LogP contribution in [0.5, 0.6) is 0 Å². The van der Waals surface area contributed by atoms with E-state index in [0.717, 1.165) is 101 Å². The average molecular weight is 2150 g/mol. The second-order valence-corrected chi connectivity index (χ2v) is 39.6. The Balaban J connectivity index is 0.000000438. The second kappa shape index (κ2) is 75.3. The topological polar surface area (TPSA) is 415 Å². The van der Waals surface area contributed by atoms with Gasteiger partial charge in [-0.15, -0.1) is 21.9 Å². The first-order chi connectivity index (χ1) is 71.0. The molecule has 148 heavy (non-hydrogen) atoms. The smallest absolute Gasteiger partial charge is 0.449 e. The normalized spacial score (nSPS) is 11.7. The van der Waals surface area contributed by atoms with Crippen LogP contribution < -0.4 is 11.6 Å². The van der Waals surface area contributed by atoms with Gasteiger partial charge >= 0.3 is 30.5 Å². The summed E-state index contributed by atoms with van der Waals surface area (Å²) in [6.07, 6.45) is 19.0. The van der Waals surface area contributed by atoms with Crippen molar-refractivity contribution in [3.05, 3.63) is 305 Å². The van der Waals surface area contributed by atoms with Crippen molar-refractivity contribution in [1.82, 2.24) is 34.4 Å². The lowest BCUT2D eigenvalue weighted by Gasteiger charge is -2.35. The van der Waals surface area contributed by atoms with Gasteiger partial charge < -0.3 is 74.1 Å². The van der Waals surface area contributed by atoms with Gasteiger partial charge in [0.25, 0.3) is 23.6 Å². The van der Waals surface area contributed by atoms with Crippen LogP contribution in [0.4, 0.5) is 24.0 Å². The maximum absolute atomic E-state index is 12.2. The van der Waals surface area contributed by atoms with E-state index >= 15 is 0 Å². The number of aromatic nitrogens is 2. The number of carbonyl (C=O) groups excluding carboxylic acids is 9. The monoisotopic (exact) mass is 2150 g/mol. The number of aliphatic hydroxyl groups is 4. The first-order valence-electron chi connectivity index (χ1n) is 50.9. The number of amides is 7. The van der Waals surface area contributed by atoms with E-state index in [1.807, 2.05) is 92.3 Å². The Morgan fingerprint density at radius 3 is 1.01 bits per heavy atom. The average Bonchev–Trinajstić information content (AvgIpc) is 1.18. The van der Waals surface area contributed by atoms with E-state index in [0.29, 0.717) is 74.8 Å². The third kappa shape index (κ3) is 50.3. The molecule has 1 aromatic heterocycles. The molecule has 0 bridgehead atoms. The van der Waals surface area contributed by atoms with Crippen LogP contribution >= 0.6 is 40.3 Å². The number of unbranched alkanes of at least 4 members (excludes halogenated alkanes) is 9. The van der Waals surface area contributed by atoms with E-state index in [9.17, 15) is 43.2 Å². The number of hydroxylamine groups is 4. The van der Waals surface area contributed by atoms with Crippen LogP contribution in [-0.4, -0.2) is 247 Å². The highest BCUT2D eigenvalue weighted by Crippen LogP contribution is 2.49. The minimum Gasteiger partial charge on any atom is -0.449 e. The molecule has 11 rings (SSSR count). The van der Waals surface area contributed by atoms with Gasteiger partial charge in [-0.2, -0.15) is 12.6 Å². The number of rotatable bonds is 45. The number of halogens is 1. The minimum absolute atomic E-state index is 0.0543. The molecule has 2 aliphatic heterocycles. The fraction of sp³-hybridized carbons (Fsp3) is 0.474. The fourth-order valence-corrected chi connectivity index (χ4v) is 16.5. The van der Waals surface area contributed by atoms with Gasteiger partial charge in [-0.1, -0.05) is 282 Å². The predicted molar refractivity (Wildman–Crippen MR) is 588 cm³/mol. The number of carbonyl (C=O) groups is 9. The van der Waals surface area contributed by atoms with Crippen molar-refractivity contribution in [2.24, 2.45) is 11.6 Å². The molecular formula is C114H162BrN9O22S2. The van der Waals surface area contributed by atoms with E-state index in [2.05, 4.69) is 217 Å². The summed E-state index contributed by atoms with van der Waals surface area (Å²) in [6, 6.07) is 76.7. The molecule has 0 atom stereocenters. The highest BCUT2D eigenvalue weighted by atomic mass is 79.9. The summed E-state index contributed by atoms with van der Waals surface area (Å²) < 4.78 is 31.6. The number of benzene rings is 8. The summed E-state index contributed by atoms with van der Waals surface area (Å²) in [7, 11) is 0. The van der Waals surface area contributed by atoms with Crippen LogP contribution in [0.1, 0.15) is 280 Å². The number of nitrogens with two attached hydrogens (primary N) is 2. The molecule has 2 aliphatic rings. The Kier molecular flexibility index (Phi) is 66.6. The van der Waals surface area contributed by atoms with E-state index in [4.69, 9.17) is 83.2 Å². The number of ether oxygens (including phenoxy) is 6. The molecule has 7 amide bonds. The zero-order valence-corrected chi connectivity index (χ0v) is 92.1. The molecule has 0 fully saturated rings. The molecule has 34 heteroatoms. The number of fused-ring (bicyclic) bond motifs is 2. The number of thiol groups is 1. The third-order valence-corrected chi connectivity index (χ3v) is 24.3. The molecule has 9 aromatic rings. The molecule has 31 nitrogen and oxygen atoms in total. The lowest BCUT2D eigenvalue weighted by molar-refractivity contribution is -0.0995. The standard InChI is InChI=1S/C22H21BrS.C19H16S.C17H29N3O4.C16H32N2O6.C13H27NO3.C10H9NO4.C8H5NO3.C5H13N.C4H10O2/c23-17-10-18-24-22(19-11-4-1-5-12-19,20-13-6-2-7-14-20)21-15-8-3-9-16-21;20-19(16-10-4-1-5-11-16,17-12-6-2-7-13-17)18-14-8-3-9-15-18;1-5-6-10-19(16(22)24-17(2,3)4)11-7-8-13-23-15(21)20-12-9-18-14-20;1-5-6-9-18(14(19)24-16(2,3)4)10-7-8-11-21-15(20)22-12-13-23-17;1-5-6-9-14(10-7-8-11-15)12(16)17-13(2,3)4;12-5-6-15-11-9(13)7-3-1-2-4-8(7)10(11)14;10-7-5-3-1-2-4-6(5)8(11)9(7)12;1-2-3-4-5-6;5-3-1-2-4-6/h1-9,11-16H,10,17-18H2;1-15,20H;9,12,14H,5-8,10-11,13H2,1-4H3;5-13,17H2,1-4H3;15H,5-11H2,1-4H3;1-4,12H,5-6H2;1-4,12H;2-6H2,1H3;5-6H,1-4H2. The number of hydrogen-bond donors (Lipinski definition) is 8. The highest BCUT2D eigenvalue weighted by molar-refractivity contribution is 9.09. The quantitative estimate of drug-likeness (QED) is 0.00202. The van der Waals surface area contributed by atoms with Gasteiger partial charge in [-0.05, 0) is 216 Å². The van der Waals surface area contributed by atoms with Crippen molar-refractivity contribution in [2.75, 3.05) is 116 Å². The van der Waals surface area contributed by atoms with Crippen molar-refractivity contribution in [3.8, 4) is 0 Å². The maximum Gasteiger partial charge on any atom is 0.508 e. The molecule has 814 valence electrons. The molecule has 0 saturated carbocycles. The summed E-state index contributed by atoms with van der Waals surface area (Å²) in [5.41, 5.74) is 12.5. The Morgan fingerprint density at radius 1 is 0.392 bits per heavy atom. The molecule has 0 radical (unpaired) electrons. The van der Waals surface area contributed by atoms with Crippen LogP contribution in [0.3, 0.4) is 0 Å². The fourth-order valence-electron chi connectivity index (χ4n) is 13.9. The maximum atomic E-state index is 12.2. The molecule has 0 unspecified atom stereocenters. The van der Waals surface area contributed by atoms with Gasteiger partial charge in [-0.25, -0.2) is 39.4 Å². The first-order valence-corrected chi connectivity index (χ1v) is 53.4. The van der Waals surface area contributed by atoms with E-state index in [-0.39, 0.29) is 92.1 Å². The number of thioether (sulfide) groups is 1. The largest absolute Gasteiger partial charge is 0.508 e. The Bertz CT molecular complexity index is 4830. The summed E-state index contributed by atoms with van der Waals surface area (Å²) in [5, 5.41) is 44.2. The van der Waals surface area contributed by atoms with Crippen molar-refractivity contribution in [1.29, 1.82) is 0 Å². The molecule has 0 aliphatic carbocycles. The first kappa shape index (κ1) is 131.